The van der Waals surface area contributed by atoms with Gasteiger partial charge in [-0.15, -0.1) is 0 Å². The molecule has 152 valence electrons. The van der Waals surface area contributed by atoms with E-state index in [-0.39, 0.29) is 17.6 Å². The molecule has 3 rings (SSSR count). The first kappa shape index (κ1) is 19.9. The van der Waals surface area contributed by atoms with Gasteiger partial charge in [0.1, 0.15) is 5.82 Å². The Morgan fingerprint density at radius 1 is 1.11 bits per heavy atom. The normalized spacial score (nSPS) is 21.1. The van der Waals surface area contributed by atoms with Crippen molar-refractivity contribution in [3.8, 4) is 0 Å². The zero-order valence-corrected chi connectivity index (χ0v) is 17.1. The zero-order valence-electron chi connectivity index (χ0n) is 17.1. The number of nitrogens with zero attached hydrogens (tertiary/aromatic N) is 6. The molecule has 3 heterocycles. The summed E-state index contributed by atoms with van der Waals surface area (Å²) in [6.07, 6.45) is 5.38. The van der Waals surface area contributed by atoms with Crippen molar-refractivity contribution in [3.05, 3.63) is 16.3 Å². The molecule has 0 saturated carbocycles. The lowest BCUT2D eigenvalue weighted by atomic mass is 9.97. The van der Waals surface area contributed by atoms with E-state index in [1.807, 2.05) is 30.8 Å². The van der Waals surface area contributed by atoms with Crippen LogP contribution in [-0.4, -0.2) is 81.9 Å². The van der Waals surface area contributed by atoms with E-state index in [2.05, 4.69) is 10.00 Å². The van der Waals surface area contributed by atoms with Gasteiger partial charge in [-0.2, -0.15) is 5.10 Å². The van der Waals surface area contributed by atoms with Gasteiger partial charge in [0.2, 0.25) is 0 Å². The number of hydrogen-bond donors (Lipinski definition) is 0. The van der Waals surface area contributed by atoms with Crippen LogP contribution in [0.2, 0.25) is 0 Å². The molecule has 8 heteroatoms. The molecule has 0 bridgehead atoms. The summed E-state index contributed by atoms with van der Waals surface area (Å²) >= 11 is 0. The molecule has 0 N–H and O–H groups in total. The summed E-state index contributed by atoms with van der Waals surface area (Å²) in [5, 5.41) is 4.67. The number of carbonyl (C=O) groups excluding carboxylic acids is 1. The fourth-order valence-corrected chi connectivity index (χ4v) is 4.14. The Bertz CT molecular complexity index is 689. The largest absolute Gasteiger partial charge is 0.345 e. The molecule has 0 unspecified atom stereocenters. The highest BCUT2D eigenvalue weighted by Gasteiger charge is 2.31. The van der Waals surface area contributed by atoms with E-state index in [9.17, 15) is 9.59 Å². The minimum atomic E-state index is -0.0335. The Morgan fingerprint density at radius 2 is 1.81 bits per heavy atom. The Kier molecular flexibility index (Phi) is 6.57. The number of carbonyl (C=O) groups is 1. The maximum Gasteiger partial charge on any atom is 0.345 e. The lowest BCUT2D eigenvalue weighted by Gasteiger charge is -2.37. The van der Waals surface area contributed by atoms with Gasteiger partial charge in [0.05, 0.1) is 6.54 Å². The Hall–Kier alpha value is -1.83. The lowest BCUT2D eigenvalue weighted by Crippen LogP contribution is -2.49. The van der Waals surface area contributed by atoms with Gasteiger partial charge in [0.25, 0.3) is 0 Å². The van der Waals surface area contributed by atoms with Crippen LogP contribution >= 0.6 is 0 Å². The van der Waals surface area contributed by atoms with Crippen LogP contribution in [0.5, 0.6) is 0 Å². The van der Waals surface area contributed by atoms with Crippen molar-refractivity contribution in [1.82, 2.24) is 29.0 Å². The molecular formula is C19H34N6O2. The van der Waals surface area contributed by atoms with Crippen LogP contribution in [0.15, 0.2) is 4.79 Å². The highest BCUT2D eigenvalue weighted by Crippen LogP contribution is 2.26. The molecule has 2 saturated heterocycles. The van der Waals surface area contributed by atoms with E-state index >= 15 is 0 Å². The molecular weight excluding hydrogens is 344 g/mol. The number of aromatic nitrogens is 3. The lowest BCUT2D eigenvalue weighted by molar-refractivity contribution is 0.129. The fraction of sp³-hybridized carbons (Fsp3) is 0.842. The average molecular weight is 379 g/mol. The minimum Gasteiger partial charge on any atom is -0.325 e. The molecule has 0 spiro atoms. The van der Waals surface area contributed by atoms with E-state index < -0.39 is 0 Å². The van der Waals surface area contributed by atoms with E-state index in [0.29, 0.717) is 19.6 Å². The van der Waals surface area contributed by atoms with Crippen molar-refractivity contribution in [3.63, 3.8) is 0 Å². The van der Waals surface area contributed by atoms with E-state index in [4.69, 9.17) is 0 Å². The first-order valence-electron chi connectivity index (χ1n) is 10.4. The summed E-state index contributed by atoms with van der Waals surface area (Å²) in [5.74, 6) is 0.984. The molecule has 2 fully saturated rings. The summed E-state index contributed by atoms with van der Waals surface area (Å²) in [6, 6.07) is 0.164. The van der Waals surface area contributed by atoms with Crippen LogP contribution in [0, 0.1) is 0 Å². The molecule has 0 aliphatic carbocycles. The van der Waals surface area contributed by atoms with Crippen molar-refractivity contribution in [2.45, 2.75) is 58.0 Å². The first-order chi connectivity index (χ1) is 13.0. The van der Waals surface area contributed by atoms with Gasteiger partial charge in [0.15, 0.2) is 0 Å². The van der Waals surface area contributed by atoms with E-state index in [0.717, 1.165) is 57.7 Å². The van der Waals surface area contributed by atoms with Crippen molar-refractivity contribution in [1.29, 1.82) is 0 Å². The second-order valence-corrected chi connectivity index (χ2v) is 8.03. The Balaban J connectivity index is 1.74. The van der Waals surface area contributed by atoms with Crippen molar-refractivity contribution in [2.75, 3.05) is 46.8 Å². The zero-order chi connectivity index (χ0) is 19.4. The summed E-state index contributed by atoms with van der Waals surface area (Å²) in [4.78, 5) is 31.6. The third-order valence-electron chi connectivity index (χ3n) is 5.71. The summed E-state index contributed by atoms with van der Waals surface area (Å²) < 4.78 is 3.37. The summed E-state index contributed by atoms with van der Waals surface area (Å²) in [7, 11) is 3.99. The number of urea groups is 1. The summed E-state index contributed by atoms with van der Waals surface area (Å²) in [6.45, 7) is 7.20. The molecule has 1 aromatic rings. The highest BCUT2D eigenvalue weighted by atomic mass is 16.2. The fourth-order valence-electron chi connectivity index (χ4n) is 4.14. The predicted molar refractivity (Wildman–Crippen MR) is 105 cm³/mol. The Labute approximate surface area is 161 Å². The van der Waals surface area contributed by atoms with Gasteiger partial charge in [-0.1, -0.05) is 0 Å². The van der Waals surface area contributed by atoms with Gasteiger partial charge in [-0.3, -0.25) is 4.57 Å². The molecule has 1 aromatic heterocycles. The van der Waals surface area contributed by atoms with Gasteiger partial charge >= 0.3 is 11.7 Å². The van der Waals surface area contributed by atoms with Crippen LogP contribution in [0.4, 0.5) is 4.79 Å². The number of likely N-dealkylation sites (tertiary alicyclic amines) is 2. The van der Waals surface area contributed by atoms with Crippen LogP contribution in [0.25, 0.3) is 0 Å². The van der Waals surface area contributed by atoms with Gasteiger partial charge in [0, 0.05) is 45.2 Å². The maximum absolute atomic E-state index is 12.9. The molecule has 27 heavy (non-hydrogen) atoms. The van der Waals surface area contributed by atoms with Crippen LogP contribution in [0.1, 0.15) is 50.8 Å². The maximum atomic E-state index is 12.9. The smallest absolute Gasteiger partial charge is 0.325 e. The standard InChI is InChI=1S/C19H34N6O2/c1-4-24-17(20-25(19(24)27)14-13-21(2)3)16-9-8-12-23(15-16)18(26)22-10-6-5-7-11-22/h16H,4-15H2,1-3H3/t16-/m0/s1. The molecule has 0 aromatic carbocycles. The molecule has 0 radical (unpaired) electrons. The highest BCUT2D eigenvalue weighted by molar-refractivity contribution is 5.74. The van der Waals surface area contributed by atoms with Crippen molar-refractivity contribution >= 4 is 6.03 Å². The third-order valence-corrected chi connectivity index (χ3v) is 5.71. The number of piperidine rings is 2. The molecule has 8 nitrogen and oxygen atoms in total. The monoisotopic (exact) mass is 378 g/mol. The third kappa shape index (κ3) is 4.54. The van der Waals surface area contributed by atoms with Crippen molar-refractivity contribution < 1.29 is 4.79 Å². The summed E-state index contributed by atoms with van der Waals surface area (Å²) in [5.41, 5.74) is -0.0335. The predicted octanol–water partition coefficient (Wildman–Crippen LogP) is 1.41. The molecule has 1 atom stereocenters. The minimum absolute atomic E-state index is 0.0335. The molecule has 2 aliphatic rings. The average Bonchev–Trinajstić information content (AvgIpc) is 3.02. The van der Waals surface area contributed by atoms with Crippen molar-refractivity contribution in [2.24, 2.45) is 0 Å². The second kappa shape index (κ2) is 8.91. The number of rotatable bonds is 5. The number of likely N-dealkylation sites (N-methyl/N-ethyl adjacent to an activating group) is 1. The molecule has 2 amide bonds. The first-order valence-corrected chi connectivity index (χ1v) is 10.4. The quantitative estimate of drug-likeness (QED) is 0.777. The topological polar surface area (TPSA) is 66.6 Å². The van der Waals surface area contributed by atoms with E-state index in [1.54, 1.807) is 9.25 Å². The number of amides is 2. The van der Waals surface area contributed by atoms with E-state index in [1.165, 1.54) is 6.42 Å². The Morgan fingerprint density at radius 3 is 2.48 bits per heavy atom. The van der Waals surface area contributed by atoms with Crippen LogP contribution in [0.3, 0.4) is 0 Å². The van der Waals surface area contributed by atoms with Crippen LogP contribution in [-0.2, 0) is 13.1 Å². The van der Waals surface area contributed by atoms with Gasteiger partial charge in [-0.05, 0) is 53.1 Å². The second-order valence-electron chi connectivity index (χ2n) is 8.03. The van der Waals surface area contributed by atoms with Gasteiger partial charge < -0.3 is 14.7 Å². The SMILES string of the molecule is CCn1c([C@H]2CCCN(C(=O)N3CCCCC3)C2)nn(CCN(C)C)c1=O. The van der Waals surface area contributed by atoms with Gasteiger partial charge in [-0.25, -0.2) is 14.3 Å². The molecule has 2 aliphatic heterocycles. The number of hydrogen-bond acceptors (Lipinski definition) is 4. The van der Waals surface area contributed by atoms with Crippen LogP contribution < -0.4 is 5.69 Å².